The molecular weight excluding hydrogens is 474 g/mol. The molecule has 176 valence electrons. The van der Waals surface area contributed by atoms with Gasteiger partial charge in [-0.3, -0.25) is 9.29 Å². The van der Waals surface area contributed by atoms with Crippen LogP contribution in [0, 0.1) is 0 Å². The monoisotopic (exact) mass is 495 g/mol. The molecule has 0 unspecified atom stereocenters. The maximum absolute atomic E-state index is 12.8. The minimum atomic E-state index is -3.80. The molecule has 0 amide bonds. The van der Waals surface area contributed by atoms with Gasteiger partial charge >= 0.3 is 0 Å². The summed E-state index contributed by atoms with van der Waals surface area (Å²) in [6.45, 7) is 2.79. The summed E-state index contributed by atoms with van der Waals surface area (Å²) in [5.41, 5.74) is 0.577. The van der Waals surface area contributed by atoms with E-state index < -0.39 is 16.1 Å². The fourth-order valence-corrected chi connectivity index (χ4v) is 4.36. The number of methoxy groups -OCH3 is 1. The minimum Gasteiger partial charge on any atom is -0.485 e. The molecule has 0 bridgehead atoms. The van der Waals surface area contributed by atoms with Crippen LogP contribution in [0.4, 0.5) is 5.95 Å². The Hall–Kier alpha value is -3.03. The Balaban J connectivity index is 1.64. The highest BCUT2D eigenvalue weighted by molar-refractivity contribution is 7.92. The van der Waals surface area contributed by atoms with Crippen LogP contribution >= 0.6 is 11.6 Å². The van der Waals surface area contributed by atoms with Crippen molar-refractivity contribution in [1.82, 2.24) is 29.7 Å². The first-order valence-electron chi connectivity index (χ1n) is 10.1. The van der Waals surface area contributed by atoms with Crippen LogP contribution in [0.2, 0.25) is 5.02 Å². The fourth-order valence-electron chi connectivity index (χ4n) is 3.29. The van der Waals surface area contributed by atoms with Crippen LogP contribution in [0.3, 0.4) is 0 Å². The molecule has 0 saturated carbocycles. The van der Waals surface area contributed by atoms with Crippen LogP contribution in [0.5, 0.6) is 11.6 Å². The predicted molar refractivity (Wildman–Crippen MR) is 119 cm³/mol. The minimum absolute atomic E-state index is 0.0546. The Morgan fingerprint density at radius 1 is 1.27 bits per heavy atom. The molecule has 12 nitrogen and oxygen atoms in total. The molecule has 3 aromatic rings. The first-order valence-corrected chi connectivity index (χ1v) is 12.1. The average molecular weight is 496 g/mol. The number of pyridine rings is 1. The number of ether oxygens (including phenoxy) is 3. The van der Waals surface area contributed by atoms with Crippen LogP contribution in [0.25, 0.3) is 11.4 Å². The van der Waals surface area contributed by atoms with E-state index in [9.17, 15) is 8.42 Å². The zero-order chi connectivity index (χ0) is 23.4. The number of sulfonamides is 1. The SMILES string of the molecule is CCOC[C@H]1COc2c(ccnc2OC)-c2nnc(NS(=O)(=O)CCc3ncc(Cl)cn3)n21. The predicted octanol–water partition coefficient (Wildman–Crippen LogP) is 1.75. The first-order chi connectivity index (χ1) is 15.9. The lowest BCUT2D eigenvalue weighted by molar-refractivity contribution is 0.0930. The summed E-state index contributed by atoms with van der Waals surface area (Å²) < 4.78 is 46.7. The number of anilines is 1. The van der Waals surface area contributed by atoms with Crippen molar-refractivity contribution < 1.29 is 22.6 Å². The summed E-state index contributed by atoms with van der Waals surface area (Å²) in [6.07, 6.45) is 4.49. The van der Waals surface area contributed by atoms with Gasteiger partial charge in [0.05, 0.1) is 36.1 Å². The Morgan fingerprint density at radius 2 is 2.06 bits per heavy atom. The number of rotatable bonds is 9. The third-order valence-corrected chi connectivity index (χ3v) is 6.25. The third kappa shape index (κ3) is 5.15. The molecule has 0 radical (unpaired) electrons. The van der Waals surface area contributed by atoms with Crippen molar-refractivity contribution >= 4 is 27.6 Å². The summed E-state index contributed by atoms with van der Waals surface area (Å²) in [6, 6.07) is 1.31. The van der Waals surface area contributed by atoms with Gasteiger partial charge in [0.25, 0.3) is 5.88 Å². The Labute approximate surface area is 195 Å². The molecule has 33 heavy (non-hydrogen) atoms. The molecule has 0 saturated heterocycles. The molecule has 1 aliphatic heterocycles. The first kappa shape index (κ1) is 23.1. The van der Waals surface area contributed by atoms with E-state index in [-0.39, 0.29) is 31.3 Å². The van der Waals surface area contributed by atoms with Crippen LogP contribution in [-0.4, -0.2) is 70.8 Å². The van der Waals surface area contributed by atoms with Gasteiger partial charge in [-0.1, -0.05) is 11.6 Å². The number of nitrogens with zero attached hydrogens (tertiary/aromatic N) is 6. The van der Waals surface area contributed by atoms with Gasteiger partial charge in [-0.15, -0.1) is 10.2 Å². The van der Waals surface area contributed by atoms with E-state index in [2.05, 4.69) is 29.9 Å². The van der Waals surface area contributed by atoms with Crippen molar-refractivity contribution in [3.63, 3.8) is 0 Å². The van der Waals surface area contributed by atoms with Crippen molar-refractivity contribution in [2.45, 2.75) is 19.4 Å². The second-order valence-corrected chi connectivity index (χ2v) is 9.31. The number of hydrogen-bond acceptors (Lipinski definition) is 10. The summed E-state index contributed by atoms with van der Waals surface area (Å²) in [4.78, 5) is 12.2. The zero-order valence-corrected chi connectivity index (χ0v) is 19.5. The van der Waals surface area contributed by atoms with Gasteiger partial charge in [0, 0.05) is 31.6 Å². The van der Waals surface area contributed by atoms with E-state index in [0.717, 1.165) is 0 Å². The van der Waals surface area contributed by atoms with Crippen molar-refractivity contribution in [2.75, 3.05) is 37.4 Å². The molecule has 14 heteroatoms. The van der Waals surface area contributed by atoms with E-state index in [0.29, 0.717) is 40.5 Å². The second kappa shape index (κ2) is 9.85. The Morgan fingerprint density at radius 3 is 2.79 bits per heavy atom. The van der Waals surface area contributed by atoms with Crippen LogP contribution in [0.1, 0.15) is 18.8 Å². The largest absolute Gasteiger partial charge is 0.485 e. The van der Waals surface area contributed by atoms with Gasteiger partial charge in [-0.05, 0) is 13.0 Å². The lowest BCUT2D eigenvalue weighted by Gasteiger charge is -2.19. The zero-order valence-electron chi connectivity index (χ0n) is 17.9. The number of fused-ring (bicyclic) bond motifs is 3. The van der Waals surface area contributed by atoms with E-state index in [1.807, 2.05) is 6.92 Å². The molecule has 3 aromatic heterocycles. The molecular formula is C19H22ClN7O5S. The Kier molecular flexibility index (Phi) is 6.91. The fraction of sp³-hybridized carbons (Fsp3) is 0.421. The molecule has 0 spiro atoms. The van der Waals surface area contributed by atoms with E-state index in [1.165, 1.54) is 19.5 Å². The van der Waals surface area contributed by atoms with Crippen molar-refractivity contribution in [2.24, 2.45) is 0 Å². The normalized spacial score (nSPS) is 15.2. The van der Waals surface area contributed by atoms with Crippen molar-refractivity contribution in [1.29, 1.82) is 0 Å². The van der Waals surface area contributed by atoms with E-state index >= 15 is 0 Å². The van der Waals surface area contributed by atoms with Gasteiger partial charge in [0.2, 0.25) is 16.0 Å². The van der Waals surface area contributed by atoms with Crippen LogP contribution < -0.4 is 14.2 Å². The summed E-state index contributed by atoms with van der Waals surface area (Å²) >= 11 is 5.78. The Bertz CT molecular complexity index is 1220. The smallest absolute Gasteiger partial charge is 0.257 e. The van der Waals surface area contributed by atoms with Crippen LogP contribution in [0.15, 0.2) is 24.7 Å². The second-order valence-electron chi connectivity index (χ2n) is 7.03. The highest BCUT2D eigenvalue weighted by Crippen LogP contribution is 2.40. The number of hydrogen-bond donors (Lipinski definition) is 1. The number of nitrogens with one attached hydrogen (secondary N) is 1. The lowest BCUT2D eigenvalue weighted by atomic mass is 10.2. The third-order valence-electron chi connectivity index (χ3n) is 4.82. The van der Waals surface area contributed by atoms with Gasteiger partial charge in [0.1, 0.15) is 12.4 Å². The van der Waals surface area contributed by atoms with E-state index in [4.69, 9.17) is 25.8 Å². The summed E-state index contributed by atoms with van der Waals surface area (Å²) in [7, 11) is -2.31. The summed E-state index contributed by atoms with van der Waals surface area (Å²) in [5, 5.41) is 8.71. The molecule has 1 N–H and O–H groups in total. The molecule has 1 aliphatic rings. The van der Waals surface area contributed by atoms with Gasteiger partial charge in [-0.2, -0.15) is 0 Å². The van der Waals surface area contributed by atoms with Gasteiger partial charge < -0.3 is 14.2 Å². The number of halogens is 1. The maximum atomic E-state index is 12.8. The van der Waals surface area contributed by atoms with Crippen LogP contribution in [-0.2, 0) is 21.2 Å². The molecule has 1 atom stereocenters. The molecule has 0 aromatic carbocycles. The standard InChI is InChI=1S/C19H22ClN7O5S/c1-3-31-10-13-11-32-16-14(4-6-21-18(16)30-2)17-24-25-19(27(13)17)26-33(28,29)7-5-15-22-8-12(20)9-23-15/h4,6,8-9,13H,3,5,7,10-11H2,1-2H3,(H,25,26)/t13-/m0/s1. The van der Waals surface area contributed by atoms with Crippen molar-refractivity contribution in [3.05, 3.63) is 35.5 Å². The van der Waals surface area contributed by atoms with E-state index in [1.54, 1.807) is 16.8 Å². The lowest BCUT2D eigenvalue weighted by Crippen LogP contribution is -2.26. The molecule has 0 fully saturated rings. The van der Waals surface area contributed by atoms with Crippen molar-refractivity contribution in [3.8, 4) is 23.0 Å². The highest BCUT2D eigenvalue weighted by Gasteiger charge is 2.31. The van der Waals surface area contributed by atoms with Gasteiger partial charge in [-0.25, -0.2) is 23.4 Å². The molecule has 4 rings (SSSR count). The summed E-state index contributed by atoms with van der Waals surface area (Å²) in [5.74, 6) is 1.27. The molecule has 0 aliphatic carbocycles. The highest BCUT2D eigenvalue weighted by atomic mass is 35.5. The maximum Gasteiger partial charge on any atom is 0.257 e. The average Bonchev–Trinajstić information content (AvgIpc) is 3.13. The quantitative estimate of drug-likeness (QED) is 0.466. The topological polar surface area (TPSA) is 143 Å². The number of aromatic nitrogens is 6. The number of aryl methyl sites for hydroxylation is 1. The molecule has 4 heterocycles. The van der Waals surface area contributed by atoms with Gasteiger partial charge in [0.15, 0.2) is 11.6 Å².